The van der Waals surface area contributed by atoms with Gasteiger partial charge in [0, 0.05) is 11.4 Å². The van der Waals surface area contributed by atoms with Crippen LogP contribution in [0.15, 0.2) is 28.7 Å². The summed E-state index contributed by atoms with van der Waals surface area (Å²) in [5.41, 5.74) is 0.0532. The lowest BCUT2D eigenvalue weighted by Crippen LogP contribution is -2.16. The molecule has 0 fully saturated rings. The minimum Gasteiger partial charge on any atom is -0.494 e. The van der Waals surface area contributed by atoms with Crippen LogP contribution in [0, 0.1) is 6.92 Å². The number of furan rings is 1. The van der Waals surface area contributed by atoms with E-state index in [2.05, 4.69) is 5.32 Å². The third-order valence-electron chi connectivity index (χ3n) is 3.80. The SMILES string of the molecule is CCOC(=O)c1c(NC(=O)CCCOc2ccc(Cl)cc2)oc(C)c1C(C)=O. The van der Waals surface area contributed by atoms with Crippen molar-refractivity contribution >= 4 is 35.1 Å². The molecule has 2 aromatic rings. The van der Waals surface area contributed by atoms with Crippen molar-refractivity contribution in [2.75, 3.05) is 18.5 Å². The number of anilines is 1. The number of ether oxygens (including phenoxy) is 2. The molecule has 1 aromatic carbocycles. The number of Topliss-reactive ketones (excluding diaryl/α,β-unsaturated/α-hetero) is 1. The fraction of sp³-hybridized carbons (Fsp3) is 0.350. The van der Waals surface area contributed by atoms with Crippen LogP contribution in [0.25, 0.3) is 0 Å². The number of esters is 1. The highest BCUT2D eigenvalue weighted by molar-refractivity contribution is 6.30. The van der Waals surface area contributed by atoms with E-state index < -0.39 is 5.97 Å². The van der Waals surface area contributed by atoms with Crippen LogP contribution in [0.1, 0.15) is 53.2 Å². The number of carbonyl (C=O) groups excluding carboxylic acids is 3. The standard InChI is InChI=1S/C20H22ClNO6/c1-4-26-20(25)18-17(12(2)23)13(3)28-19(18)22-16(24)6-5-11-27-15-9-7-14(21)8-10-15/h7-10H,4-6,11H2,1-3H3,(H,22,24). The van der Waals surface area contributed by atoms with Gasteiger partial charge in [-0.15, -0.1) is 0 Å². The highest BCUT2D eigenvalue weighted by Gasteiger charge is 2.28. The van der Waals surface area contributed by atoms with Crippen LogP contribution in [0.5, 0.6) is 5.75 Å². The molecule has 0 aliphatic heterocycles. The van der Waals surface area contributed by atoms with Gasteiger partial charge in [0.25, 0.3) is 0 Å². The Morgan fingerprint density at radius 1 is 1.14 bits per heavy atom. The molecule has 1 N–H and O–H groups in total. The number of hydrogen-bond donors (Lipinski definition) is 1. The lowest BCUT2D eigenvalue weighted by atomic mass is 10.1. The average Bonchev–Trinajstić information content (AvgIpc) is 2.96. The van der Waals surface area contributed by atoms with Gasteiger partial charge in [0.15, 0.2) is 5.78 Å². The lowest BCUT2D eigenvalue weighted by molar-refractivity contribution is -0.116. The van der Waals surface area contributed by atoms with Crippen molar-refractivity contribution in [3.63, 3.8) is 0 Å². The molecule has 0 aliphatic rings. The molecule has 8 heteroatoms. The Hall–Kier alpha value is -2.80. The number of amides is 1. The number of benzene rings is 1. The summed E-state index contributed by atoms with van der Waals surface area (Å²) < 4.78 is 15.9. The topological polar surface area (TPSA) is 94.8 Å². The average molecular weight is 408 g/mol. The van der Waals surface area contributed by atoms with Crippen LogP contribution in [-0.2, 0) is 9.53 Å². The molecule has 0 aliphatic carbocycles. The molecule has 0 radical (unpaired) electrons. The quantitative estimate of drug-likeness (QED) is 0.375. The largest absolute Gasteiger partial charge is 0.494 e. The monoisotopic (exact) mass is 407 g/mol. The Morgan fingerprint density at radius 3 is 2.43 bits per heavy atom. The summed E-state index contributed by atoms with van der Waals surface area (Å²) in [6.07, 6.45) is 0.591. The van der Waals surface area contributed by atoms with E-state index in [0.29, 0.717) is 23.8 Å². The van der Waals surface area contributed by atoms with Crippen molar-refractivity contribution < 1.29 is 28.3 Å². The summed E-state index contributed by atoms with van der Waals surface area (Å²) in [5.74, 6) is -0.606. The van der Waals surface area contributed by atoms with Crippen molar-refractivity contribution in [2.45, 2.75) is 33.6 Å². The first-order valence-electron chi connectivity index (χ1n) is 8.83. The van der Waals surface area contributed by atoms with Crippen LogP contribution in [0.3, 0.4) is 0 Å². The number of rotatable bonds is 9. The molecule has 7 nitrogen and oxygen atoms in total. The van der Waals surface area contributed by atoms with E-state index in [1.165, 1.54) is 6.92 Å². The van der Waals surface area contributed by atoms with Crippen molar-refractivity contribution in [3.05, 3.63) is 46.2 Å². The molecule has 1 aromatic heterocycles. The van der Waals surface area contributed by atoms with E-state index in [1.807, 2.05) is 0 Å². The van der Waals surface area contributed by atoms with E-state index >= 15 is 0 Å². The van der Waals surface area contributed by atoms with Crippen LogP contribution >= 0.6 is 11.6 Å². The first-order chi connectivity index (χ1) is 13.3. The number of ketones is 1. The van der Waals surface area contributed by atoms with Gasteiger partial charge in [0.05, 0.1) is 18.8 Å². The Labute approximate surface area is 167 Å². The maximum Gasteiger partial charge on any atom is 0.344 e. The van der Waals surface area contributed by atoms with Crippen molar-refractivity contribution in [1.29, 1.82) is 0 Å². The van der Waals surface area contributed by atoms with Crippen molar-refractivity contribution in [3.8, 4) is 5.75 Å². The maximum atomic E-state index is 12.2. The molecule has 28 heavy (non-hydrogen) atoms. The van der Waals surface area contributed by atoms with E-state index in [-0.39, 0.29) is 47.5 Å². The number of halogens is 1. The zero-order valence-corrected chi connectivity index (χ0v) is 16.7. The Balaban J connectivity index is 1.97. The van der Waals surface area contributed by atoms with Crippen LogP contribution < -0.4 is 10.1 Å². The predicted octanol–water partition coefficient (Wildman–Crippen LogP) is 4.42. The molecule has 150 valence electrons. The van der Waals surface area contributed by atoms with Gasteiger partial charge >= 0.3 is 5.97 Å². The normalized spacial score (nSPS) is 10.4. The van der Waals surface area contributed by atoms with Crippen LogP contribution in [0.4, 0.5) is 5.88 Å². The third-order valence-corrected chi connectivity index (χ3v) is 4.05. The second-order valence-corrected chi connectivity index (χ2v) is 6.40. The van der Waals surface area contributed by atoms with E-state index in [0.717, 1.165) is 0 Å². The summed E-state index contributed by atoms with van der Waals surface area (Å²) in [6.45, 7) is 4.98. The van der Waals surface area contributed by atoms with Gasteiger partial charge in [-0.2, -0.15) is 0 Å². The molecule has 1 amide bonds. The number of hydrogen-bond acceptors (Lipinski definition) is 6. The van der Waals surface area contributed by atoms with Crippen molar-refractivity contribution in [2.24, 2.45) is 0 Å². The minimum atomic E-state index is -0.717. The maximum absolute atomic E-state index is 12.2. The molecule has 0 saturated carbocycles. The first kappa shape index (κ1) is 21.5. The second-order valence-electron chi connectivity index (χ2n) is 5.97. The van der Waals surface area contributed by atoms with Crippen molar-refractivity contribution in [1.82, 2.24) is 0 Å². The number of carbonyl (C=O) groups is 3. The fourth-order valence-corrected chi connectivity index (χ4v) is 2.72. The van der Waals surface area contributed by atoms with E-state index in [4.69, 9.17) is 25.5 Å². The number of aryl methyl sites for hydroxylation is 1. The zero-order chi connectivity index (χ0) is 20.7. The highest BCUT2D eigenvalue weighted by Crippen LogP contribution is 2.28. The minimum absolute atomic E-state index is 0.0578. The van der Waals surface area contributed by atoms with Gasteiger partial charge in [-0.3, -0.25) is 14.9 Å². The summed E-state index contributed by atoms with van der Waals surface area (Å²) in [4.78, 5) is 36.3. The molecule has 0 spiro atoms. The van der Waals surface area contributed by atoms with Gasteiger partial charge in [0.2, 0.25) is 11.8 Å². The predicted molar refractivity (Wildman–Crippen MR) is 104 cm³/mol. The lowest BCUT2D eigenvalue weighted by Gasteiger charge is -2.07. The molecular formula is C20H22ClNO6. The fourth-order valence-electron chi connectivity index (χ4n) is 2.60. The van der Waals surface area contributed by atoms with Gasteiger partial charge in [-0.25, -0.2) is 4.79 Å². The van der Waals surface area contributed by atoms with Crippen LogP contribution in [-0.4, -0.2) is 30.9 Å². The molecule has 1 heterocycles. The third kappa shape index (κ3) is 5.60. The first-order valence-corrected chi connectivity index (χ1v) is 9.21. The second kappa shape index (κ2) is 9.94. The molecule has 2 rings (SSSR count). The Kier molecular flexibility index (Phi) is 7.63. The molecule has 0 unspecified atom stereocenters. The number of nitrogens with one attached hydrogen (secondary N) is 1. The summed E-state index contributed by atoms with van der Waals surface area (Å²) >= 11 is 5.81. The van der Waals surface area contributed by atoms with Crippen LogP contribution in [0.2, 0.25) is 5.02 Å². The molecule has 0 atom stereocenters. The summed E-state index contributed by atoms with van der Waals surface area (Å²) in [7, 11) is 0. The molecule has 0 bridgehead atoms. The van der Waals surface area contributed by atoms with Gasteiger partial charge in [-0.05, 0) is 51.5 Å². The van der Waals surface area contributed by atoms with Gasteiger partial charge in [-0.1, -0.05) is 11.6 Å². The summed E-state index contributed by atoms with van der Waals surface area (Å²) in [5, 5.41) is 3.15. The highest BCUT2D eigenvalue weighted by atomic mass is 35.5. The van der Waals surface area contributed by atoms with Gasteiger partial charge in [0.1, 0.15) is 17.1 Å². The summed E-state index contributed by atoms with van der Waals surface area (Å²) in [6, 6.07) is 6.91. The zero-order valence-electron chi connectivity index (χ0n) is 16.0. The molecule has 0 saturated heterocycles. The Bertz CT molecular complexity index is 856. The smallest absolute Gasteiger partial charge is 0.344 e. The van der Waals surface area contributed by atoms with E-state index in [9.17, 15) is 14.4 Å². The Morgan fingerprint density at radius 2 is 1.82 bits per heavy atom. The molecular weight excluding hydrogens is 386 g/mol. The van der Waals surface area contributed by atoms with Gasteiger partial charge < -0.3 is 13.9 Å². The van der Waals surface area contributed by atoms with E-state index in [1.54, 1.807) is 38.1 Å².